The second kappa shape index (κ2) is 12.8. The number of aryl methyl sites for hydroxylation is 2. The molecule has 2 aliphatic carbocycles. The van der Waals surface area contributed by atoms with Crippen LogP contribution in [0, 0.1) is 24.7 Å². The van der Waals surface area contributed by atoms with Crippen LogP contribution in [-0.4, -0.2) is 23.1 Å². The first kappa shape index (κ1) is 33.3. The average molecular weight is 697 g/mol. The van der Waals surface area contributed by atoms with E-state index in [-0.39, 0.29) is 22.4 Å². The average Bonchev–Trinajstić information content (AvgIpc) is 2.98. The van der Waals surface area contributed by atoms with Crippen molar-refractivity contribution in [3.63, 3.8) is 0 Å². The maximum absolute atomic E-state index is 14.3. The molecule has 0 bridgehead atoms. The van der Waals surface area contributed by atoms with Crippen molar-refractivity contribution in [1.29, 1.82) is 0 Å². The van der Waals surface area contributed by atoms with E-state index in [1.54, 1.807) is 0 Å². The van der Waals surface area contributed by atoms with Crippen LogP contribution >= 0.6 is 15.9 Å². The molecule has 1 aliphatic heterocycles. The van der Waals surface area contributed by atoms with E-state index in [0.29, 0.717) is 44.1 Å². The highest BCUT2D eigenvalue weighted by atomic mass is 79.9. The Hall–Kier alpha value is -3.64. The molecule has 0 spiro atoms. The molecule has 3 aromatic rings. The summed E-state index contributed by atoms with van der Waals surface area (Å²) in [5.74, 6) is 0.985. The highest BCUT2D eigenvalue weighted by Crippen LogP contribution is 2.56. The van der Waals surface area contributed by atoms with Gasteiger partial charge in [-0.15, -0.1) is 0 Å². The highest BCUT2D eigenvalue weighted by Gasteiger charge is 2.49. The molecule has 0 saturated carbocycles. The summed E-state index contributed by atoms with van der Waals surface area (Å²) in [5.41, 5.74) is 8.80. The number of carbonyl (C=O) groups is 2. The molecule has 6 heteroatoms. The van der Waals surface area contributed by atoms with Gasteiger partial charge in [-0.1, -0.05) is 76.2 Å². The monoisotopic (exact) mass is 695 g/mol. The van der Waals surface area contributed by atoms with Gasteiger partial charge in [0.05, 0.1) is 11.1 Å². The number of halogens is 1. The Labute approximate surface area is 288 Å². The summed E-state index contributed by atoms with van der Waals surface area (Å²) in [4.78, 5) is 31.0. The number of nitrogens with zero attached hydrogens (tertiary/aromatic N) is 1. The van der Waals surface area contributed by atoms with Gasteiger partial charge in [0.1, 0.15) is 6.61 Å². The van der Waals surface area contributed by atoms with Crippen molar-refractivity contribution >= 4 is 27.5 Å². The lowest BCUT2D eigenvalue weighted by Gasteiger charge is -2.49. The van der Waals surface area contributed by atoms with Crippen molar-refractivity contribution in [1.82, 2.24) is 4.90 Å². The molecular weight excluding hydrogens is 650 g/mol. The molecule has 0 saturated heterocycles. The SMILES string of the molecule is CCOc1cc(C2C3=C(CC(C)(C)CC3=O)N(Cc3ccccc3)C3=C2C(=O)CC(C)(C)C3)cc(Br)c1OCc1ccc(C)c(C)c1. The van der Waals surface area contributed by atoms with Gasteiger partial charge in [-0.3, -0.25) is 9.59 Å². The molecule has 3 aliphatic rings. The maximum atomic E-state index is 14.3. The summed E-state index contributed by atoms with van der Waals surface area (Å²) >= 11 is 3.82. The third kappa shape index (κ3) is 6.72. The lowest BCUT2D eigenvalue weighted by Crippen LogP contribution is -2.44. The quantitative estimate of drug-likeness (QED) is 0.235. The first-order valence-corrected chi connectivity index (χ1v) is 17.6. The van der Waals surface area contributed by atoms with Gasteiger partial charge in [-0.05, 0) is 100 Å². The van der Waals surface area contributed by atoms with Crippen LogP contribution in [0.25, 0.3) is 0 Å². The zero-order valence-corrected chi connectivity index (χ0v) is 30.3. The van der Waals surface area contributed by atoms with E-state index in [0.717, 1.165) is 56.5 Å². The van der Waals surface area contributed by atoms with Crippen molar-refractivity contribution in [3.8, 4) is 11.5 Å². The zero-order valence-electron chi connectivity index (χ0n) is 28.8. The molecule has 1 heterocycles. The number of ketones is 2. The van der Waals surface area contributed by atoms with Crippen LogP contribution in [0.3, 0.4) is 0 Å². The van der Waals surface area contributed by atoms with Crippen LogP contribution in [-0.2, 0) is 22.7 Å². The summed E-state index contributed by atoms with van der Waals surface area (Å²) in [6, 6.07) is 20.8. The van der Waals surface area contributed by atoms with Crippen LogP contribution in [0.15, 0.2) is 87.7 Å². The third-order valence-corrected chi connectivity index (χ3v) is 10.4. The smallest absolute Gasteiger partial charge is 0.175 e. The molecule has 5 nitrogen and oxygen atoms in total. The summed E-state index contributed by atoms with van der Waals surface area (Å²) in [6.07, 6.45) is 2.42. The molecule has 3 aromatic carbocycles. The molecule has 0 fully saturated rings. The van der Waals surface area contributed by atoms with E-state index in [1.165, 1.54) is 11.1 Å². The first-order valence-electron chi connectivity index (χ1n) is 16.8. The Morgan fingerprint density at radius 1 is 0.766 bits per heavy atom. The maximum Gasteiger partial charge on any atom is 0.175 e. The molecule has 0 N–H and O–H groups in total. The van der Waals surface area contributed by atoms with Gasteiger partial charge in [-0.2, -0.15) is 0 Å². The minimum absolute atomic E-state index is 0.118. The Bertz CT molecular complexity index is 1750. The number of allylic oxidation sites excluding steroid dienone is 4. The number of hydrogen-bond acceptors (Lipinski definition) is 5. The van der Waals surface area contributed by atoms with E-state index in [1.807, 2.05) is 25.1 Å². The van der Waals surface area contributed by atoms with Gasteiger partial charge in [0.2, 0.25) is 0 Å². The number of rotatable bonds is 8. The van der Waals surface area contributed by atoms with E-state index < -0.39 is 5.92 Å². The van der Waals surface area contributed by atoms with Crippen molar-refractivity contribution in [3.05, 3.63) is 115 Å². The summed E-state index contributed by atoms with van der Waals surface area (Å²) in [5, 5.41) is 0. The molecule has 0 unspecified atom stereocenters. The number of Topliss-reactive ketones (excluding diaryl/α,β-unsaturated/α-hetero) is 2. The molecule has 0 aromatic heterocycles. The highest BCUT2D eigenvalue weighted by molar-refractivity contribution is 9.10. The van der Waals surface area contributed by atoms with Crippen molar-refractivity contribution in [2.24, 2.45) is 10.8 Å². The molecule has 0 atom stereocenters. The molecule has 246 valence electrons. The fourth-order valence-corrected chi connectivity index (χ4v) is 8.12. The number of hydrogen-bond donors (Lipinski definition) is 0. The lowest BCUT2D eigenvalue weighted by atomic mass is 9.63. The van der Waals surface area contributed by atoms with Gasteiger partial charge in [-0.25, -0.2) is 0 Å². The summed E-state index contributed by atoms with van der Waals surface area (Å²) < 4.78 is 13.3. The molecule has 0 amide bonds. The Morgan fingerprint density at radius 2 is 1.38 bits per heavy atom. The molecular formula is C41H46BrNO4. The normalized spacial score (nSPS) is 19.1. The summed E-state index contributed by atoms with van der Waals surface area (Å²) in [7, 11) is 0. The minimum atomic E-state index is -0.469. The Kier molecular flexibility index (Phi) is 9.03. The zero-order chi connectivity index (χ0) is 33.7. The summed E-state index contributed by atoms with van der Waals surface area (Å²) in [6.45, 7) is 16.3. The second-order valence-electron chi connectivity index (χ2n) is 15.1. The predicted molar refractivity (Wildman–Crippen MR) is 190 cm³/mol. The van der Waals surface area contributed by atoms with Gasteiger partial charge in [0.25, 0.3) is 0 Å². The predicted octanol–water partition coefficient (Wildman–Crippen LogP) is 9.93. The van der Waals surface area contributed by atoms with Gasteiger partial charge in [0.15, 0.2) is 23.1 Å². The standard InChI is InChI=1S/C41H46BrNO4/c1-8-46-35-18-29(17-30(42)39(35)47-24-28-15-14-25(2)26(3)16-28)36-37-31(19-40(4,5)21-33(37)44)43(23-27-12-10-9-11-13-27)32-20-41(6,7)22-34(45)38(32)36/h9-18,36H,8,19-24H2,1-7H3. The van der Waals surface area contributed by atoms with Crippen LogP contribution in [0.1, 0.15) is 94.0 Å². The Balaban J connectivity index is 1.50. The molecule has 0 radical (unpaired) electrons. The van der Waals surface area contributed by atoms with Crippen molar-refractivity contribution in [2.75, 3.05) is 6.61 Å². The number of benzene rings is 3. The number of ether oxygens (including phenoxy) is 2. The largest absolute Gasteiger partial charge is 0.490 e. The van der Waals surface area contributed by atoms with Gasteiger partial charge in [0, 0.05) is 47.8 Å². The molecule has 47 heavy (non-hydrogen) atoms. The van der Waals surface area contributed by atoms with Gasteiger partial charge >= 0.3 is 0 Å². The van der Waals surface area contributed by atoms with E-state index in [4.69, 9.17) is 9.47 Å². The fourth-order valence-electron chi connectivity index (χ4n) is 7.54. The Morgan fingerprint density at radius 3 is 1.96 bits per heavy atom. The molecule has 6 rings (SSSR count). The van der Waals surface area contributed by atoms with Crippen LogP contribution in [0.2, 0.25) is 0 Å². The van der Waals surface area contributed by atoms with E-state index in [9.17, 15) is 9.59 Å². The van der Waals surface area contributed by atoms with Crippen LogP contribution in [0.4, 0.5) is 0 Å². The van der Waals surface area contributed by atoms with Crippen LogP contribution in [0.5, 0.6) is 11.5 Å². The van der Waals surface area contributed by atoms with Crippen LogP contribution < -0.4 is 9.47 Å². The fraction of sp³-hybridized carbons (Fsp3) is 0.415. The second-order valence-corrected chi connectivity index (χ2v) is 15.9. The van der Waals surface area contributed by atoms with Crippen molar-refractivity contribution < 1.29 is 19.1 Å². The van der Waals surface area contributed by atoms with Crippen molar-refractivity contribution in [2.45, 2.75) is 93.2 Å². The first-order chi connectivity index (χ1) is 22.3. The van der Waals surface area contributed by atoms with Gasteiger partial charge < -0.3 is 14.4 Å². The van der Waals surface area contributed by atoms with E-state index in [2.05, 4.69) is 105 Å². The lowest BCUT2D eigenvalue weighted by molar-refractivity contribution is -0.119. The third-order valence-electron chi connectivity index (χ3n) is 9.82. The number of carbonyl (C=O) groups excluding carboxylic acids is 2. The topological polar surface area (TPSA) is 55.8 Å². The van der Waals surface area contributed by atoms with E-state index >= 15 is 0 Å². The minimum Gasteiger partial charge on any atom is -0.490 e.